The van der Waals surface area contributed by atoms with Gasteiger partial charge < -0.3 is 0 Å². The molecular weight excluding hydrogens is 641 g/mol. The van der Waals surface area contributed by atoms with E-state index in [1.54, 1.807) is 25.7 Å². The van der Waals surface area contributed by atoms with Crippen LogP contribution in [0.15, 0.2) is 0 Å². The second kappa shape index (κ2) is 10.3. The molecule has 0 spiro atoms. The normalized spacial score (nSPS) is 29.2. The third-order valence-electron chi connectivity index (χ3n) is 14.0. The lowest BCUT2D eigenvalue weighted by Gasteiger charge is -2.66. The van der Waals surface area contributed by atoms with Crippen LogP contribution in [0.25, 0.3) is 0 Å². The summed E-state index contributed by atoms with van der Waals surface area (Å²) in [6.45, 7) is 62.8. The molecular formula is C30H74Si10. The maximum atomic E-state index is 3.06. The third-order valence-corrected chi connectivity index (χ3v) is 93.9. The average Bonchev–Trinajstić information content (AvgIpc) is 3.29. The first kappa shape index (κ1) is 38.4. The minimum Gasteiger partial charge on any atom is -0.0713 e. The summed E-state index contributed by atoms with van der Waals surface area (Å²) in [7, 11) is -8.84. The monoisotopic (exact) mass is 714 g/mol. The van der Waals surface area contributed by atoms with E-state index in [0.29, 0.717) is 0 Å². The largest absolute Gasteiger partial charge is 0.0713 e. The second-order valence-electron chi connectivity index (χ2n) is 21.6. The summed E-state index contributed by atoms with van der Waals surface area (Å²) in [5, 5.41) is 0. The molecule has 0 aromatic heterocycles. The predicted molar refractivity (Wildman–Crippen MR) is 216 cm³/mol. The Labute approximate surface area is 267 Å². The molecule has 2 fully saturated rings. The molecule has 0 aromatic carbocycles. The van der Waals surface area contributed by atoms with Crippen LogP contribution >= 0.6 is 0 Å². The minimum absolute atomic E-state index is 0.733. The van der Waals surface area contributed by atoms with Gasteiger partial charge in [0.15, 0.2) is 0 Å². The first-order valence-corrected chi connectivity index (χ1v) is 46.7. The fourth-order valence-corrected chi connectivity index (χ4v) is 101. The highest BCUT2D eigenvalue weighted by molar-refractivity contribution is 7.51. The van der Waals surface area contributed by atoms with Gasteiger partial charge in [0.25, 0.3) is 0 Å². The molecule has 0 N–H and O–H groups in total. The Hall–Kier alpha value is 2.17. The zero-order chi connectivity index (χ0) is 32.2. The van der Waals surface area contributed by atoms with Gasteiger partial charge in [-0.3, -0.25) is 0 Å². The van der Waals surface area contributed by atoms with Gasteiger partial charge in [-0.05, 0) is 17.1 Å². The van der Waals surface area contributed by atoms with Gasteiger partial charge in [0.1, 0.15) is 0 Å². The molecule has 2 atom stereocenters. The van der Waals surface area contributed by atoms with Crippen LogP contribution in [0.5, 0.6) is 0 Å². The van der Waals surface area contributed by atoms with E-state index in [9.17, 15) is 0 Å². The van der Waals surface area contributed by atoms with Gasteiger partial charge in [-0.25, -0.2) is 0 Å². The number of hydrogen-bond acceptors (Lipinski definition) is 0. The summed E-state index contributed by atoms with van der Waals surface area (Å²) >= 11 is 0. The molecule has 2 saturated heterocycles. The van der Waals surface area contributed by atoms with Crippen molar-refractivity contribution in [2.24, 2.45) is 0 Å². The second-order valence-corrected chi connectivity index (χ2v) is 79.4. The van der Waals surface area contributed by atoms with Gasteiger partial charge in [-0.2, -0.15) is 0 Å². The van der Waals surface area contributed by atoms with E-state index in [-0.39, 0.29) is 0 Å². The van der Waals surface area contributed by atoms with Crippen molar-refractivity contribution in [3.63, 3.8) is 0 Å². The Morgan fingerprint density at radius 3 is 0.550 bits per heavy atom. The first-order chi connectivity index (χ1) is 17.1. The Kier molecular flexibility index (Phi) is 9.91. The maximum absolute atomic E-state index is 3.06. The summed E-state index contributed by atoms with van der Waals surface area (Å²) < 4.78 is 2.94. The summed E-state index contributed by atoms with van der Waals surface area (Å²) in [6.07, 6.45) is 6.42. The van der Waals surface area contributed by atoms with Crippen LogP contribution in [0.3, 0.4) is 0 Å². The quantitative estimate of drug-likeness (QED) is 0.209. The van der Waals surface area contributed by atoms with Gasteiger partial charge in [0.05, 0.1) is 0 Å². The lowest BCUT2D eigenvalue weighted by Crippen LogP contribution is -2.78. The van der Waals surface area contributed by atoms with Gasteiger partial charge >= 0.3 is 0 Å². The molecule has 0 aromatic rings. The zero-order valence-electron chi connectivity index (χ0n) is 31.8. The summed E-state index contributed by atoms with van der Waals surface area (Å²) in [6, 6.07) is 0. The van der Waals surface area contributed by atoms with E-state index in [1.165, 1.54) is 19.0 Å². The van der Waals surface area contributed by atoms with Gasteiger partial charge in [-0.15, -0.1) is 0 Å². The summed E-state index contributed by atoms with van der Waals surface area (Å²) in [5.74, 6) is 0. The van der Waals surface area contributed by atoms with E-state index in [2.05, 4.69) is 144 Å². The highest BCUT2D eigenvalue weighted by Gasteiger charge is 2.76. The molecule has 0 bridgehead atoms. The third kappa shape index (κ3) is 5.17. The fraction of sp³-hybridized carbons (Fsp3) is 1.00. The molecule has 0 unspecified atom stereocenters. The molecule has 4 radical (unpaired) electrons. The van der Waals surface area contributed by atoms with E-state index in [0.717, 1.165) is 17.1 Å². The molecule has 0 nitrogen and oxygen atoms in total. The molecule has 0 aliphatic carbocycles. The van der Waals surface area contributed by atoms with Crippen molar-refractivity contribution in [2.75, 3.05) is 0 Å². The maximum Gasteiger partial charge on any atom is 0.0448 e. The van der Waals surface area contributed by atoms with Crippen LogP contribution in [0.2, 0.25) is 161 Å². The van der Waals surface area contributed by atoms with Crippen LogP contribution < -0.4 is 0 Å². The molecule has 234 valence electrons. The predicted octanol–water partition coefficient (Wildman–Crippen LogP) is 11.5. The Balaban J connectivity index is 2.93. The molecule has 0 amide bonds. The van der Waals surface area contributed by atoms with Gasteiger partial charge in [-0.1, -0.05) is 170 Å². The fourth-order valence-electron chi connectivity index (χ4n) is 11.2. The topological polar surface area (TPSA) is 0 Å². The number of rotatable bonds is 9. The van der Waals surface area contributed by atoms with Gasteiger partial charge in [0.2, 0.25) is 0 Å². The highest BCUT2D eigenvalue weighted by atomic mass is 29.3. The SMILES string of the molecule is C[Si](C)(C)C1([Si](C)(C)C)CC[C@]([Si](C)(C)C)([Si](C)(C)[Si](C)(C)[C@@]2([Si](C)(C)C)CCC([Si](C)(C)C)([Si](C)(C)C)[Si]2)[Si]1. The number of hydrogen-bond donors (Lipinski definition) is 0. The smallest absolute Gasteiger partial charge is 0.0448 e. The summed E-state index contributed by atoms with van der Waals surface area (Å²) in [5.41, 5.74) is 0. The highest BCUT2D eigenvalue weighted by Crippen LogP contribution is 2.73. The lowest BCUT2D eigenvalue weighted by atomic mass is 10.4. The van der Waals surface area contributed by atoms with Crippen molar-refractivity contribution in [3.8, 4) is 0 Å². The molecule has 0 saturated carbocycles. The van der Waals surface area contributed by atoms with E-state index in [1.807, 2.05) is 0 Å². The Morgan fingerprint density at radius 2 is 0.425 bits per heavy atom. The first-order valence-electron chi connectivity index (χ1n) is 16.7. The molecule has 2 aliphatic heterocycles. The van der Waals surface area contributed by atoms with E-state index < -0.39 is 63.6 Å². The van der Waals surface area contributed by atoms with Crippen molar-refractivity contribution in [1.82, 2.24) is 0 Å². The van der Waals surface area contributed by atoms with Crippen molar-refractivity contribution in [1.29, 1.82) is 0 Å². The summed E-state index contributed by atoms with van der Waals surface area (Å²) in [4.78, 5) is 0. The van der Waals surface area contributed by atoms with Crippen molar-refractivity contribution in [3.05, 3.63) is 0 Å². The van der Waals surface area contributed by atoms with Crippen LogP contribution in [-0.2, 0) is 0 Å². The van der Waals surface area contributed by atoms with Crippen LogP contribution in [0.4, 0.5) is 0 Å². The standard InChI is InChI=1S/C30H74Si10/c1-33(2,3)27(34(4,5)6)23-25-29(31-27,37(13,14)15)39(19,20)40(21,22)30(38(16,17)18)26-24-28(32-30,35(7,8)9)36(10,11)12/h23-26H2,1-22H3/t29-,30-/m0/s1. The molecule has 2 rings (SSSR count). The van der Waals surface area contributed by atoms with Crippen molar-refractivity contribution >= 4 is 82.7 Å². The Morgan fingerprint density at radius 1 is 0.275 bits per heavy atom. The lowest BCUT2D eigenvalue weighted by molar-refractivity contribution is 0.755. The molecule has 2 heterocycles. The van der Waals surface area contributed by atoms with Crippen molar-refractivity contribution in [2.45, 2.75) is 187 Å². The van der Waals surface area contributed by atoms with Gasteiger partial charge in [0, 0.05) is 82.7 Å². The van der Waals surface area contributed by atoms with E-state index in [4.69, 9.17) is 0 Å². The molecule has 40 heavy (non-hydrogen) atoms. The Bertz CT molecular complexity index is 838. The molecule has 2 aliphatic rings. The zero-order valence-corrected chi connectivity index (χ0v) is 41.8. The van der Waals surface area contributed by atoms with Crippen LogP contribution in [-0.4, -0.2) is 82.7 Å². The average molecular weight is 716 g/mol. The van der Waals surface area contributed by atoms with Crippen molar-refractivity contribution < 1.29 is 0 Å². The minimum atomic E-state index is -1.63. The van der Waals surface area contributed by atoms with Crippen LogP contribution in [0.1, 0.15) is 25.7 Å². The molecule has 10 heteroatoms. The van der Waals surface area contributed by atoms with E-state index >= 15 is 0 Å². The van der Waals surface area contributed by atoms with Crippen LogP contribution in [0, 0.1) is 0 Å².